The smallest absolute Gasteiger partial charge is 0.410 e. The molecule has 15 nitrogen and oxygen atoms in total. The SMILES string of the molecule is CC(C)(C)OC(=O)N(Cc1ccc(C(=O)NCCCNC(=O)c2cccc(C(O)(c3ccccc3)C(O)OCC3CCN(Cc4ccccc4)CC3)c2)cc1)C[C@H](O[Si](C)(C)C(C)(C)C)c1ccc(O)c2[nH]c(=O)ccc12. The number of carbonyl (C=O) groups is 3. The van der Waals surface area contributed by atoms with Gasteiger partial charge in [-0.05, 0) is 141 Å². The largest absolute Gasteiger partial charge is 0.506 e. The summed E-state index contributed by atoms with van der Waals surface area (Å²) >= 11 is 0. The number of rotatable bonds is 21. The molecule has 3 amide bonds. The van der Waals surface area contributed by atoms with Gasteiger partial charge in [0.15, 0.2) is 20.2 Å². The van der Waals surface area contributed by atoms with Crippen LogP contribution in [0.2, 0.25) is 18.1 Å². The number of ether oxygens (including phenoxy) is 2. The third-order valence-corrected chi connectivity index (χ3v) is 19.1. The van der Waals surface area contributed by atoms with Crippen molar-refractivity contribution in [3.8, 4) is 5.75 Å². The van der Waals surface area contributed by atoms with Crippen LogP contribution in [0.15, 0.2) is 138 Å². The van der Waals surface area contributed by atoms with Gasteiger partial charge in [0, 0.05) is 48.8 Å². The number of aliphatic hydroxyl groups excluding tert-OH is 1. The monoisotopic (exact) mass is 1070 g/mol. The van der Waals surface area contributed by atoms with Crippen LogP contribution in [0.5, 0.6) is 5.75 Å². The van der Waals surface area contributed by atoms with E-state index in [1.807, 2.05) is 12.1 Å². The molecular formula is C61H77N5O10Si. The van der Waals surface area contributed by atoms with Crippen LogP contribution in [-0.4, -0.2) is 108 Å². The van der Waals surface area contributed by atoms with Crippen molar-refractivity contribution in [3.05, 3.63) is 183 Å². The first-order valence-electron chi connectivity index (χ1n) is 26.6. The van der Waals surface area contributed by atoms with Crippen molar-refractivity contribution in [3.63, 3.8) is 0 Å². The van der Waals surface area contributed by atoms with Gasteiger partial charge in [0.2, 0.25) is 5.56 Å². The van der Waals surface area contributed by atoms with Crippen molar-refractivity contribution in [2.45, 2.75) is 116 Å². The van der Waals surface area contributed by atoms with E-state index in [0.717, 1.165) is 38.0 Å². The molecule has 6 aromatic rings. The average Bonchev–Trinajstić information content (AvgIpc) is 3.41. The molecule has 0 spiro atoms. The molecule has 7 rings (SSSR count). The second-order valence-corrected chi connectivity index (χ2v) is 27.4. The Morgan fingerprint density at radius 3 is 2.03 bits per heavy atom. The Labute approximate surface area is 453 Å². The highest BCUT2D eigenvalue weighted by Crippen LogP contribution is 2.42. The van der Waals surface area contributed by atoms with Crippen molar-refractivity contribution < 1.29 is 43.6 Å². The molecule has 2 unspecified atom stereocenters. The number of carbonyl (C=O) groups excluding carboxylic acids is 3. The number of likely N-dealkylation sites (tertiary alicyclic amines) is 1. The van der Waals surface area contributed by atoms with Crippen molar-refractivity contribution in [2.24, 2.45) is 5.92 Å². The Morgan fingerprint density at radius 2 is 1.39 bits per heavy atom. The Bertz CT molecular complexity index is 2990. The predicted molar refractivity (Wildman–Crippen MR) is 302 cm³/mol. The van der Waals surface area contributed by atoms with Gasteiger partial charge < -0.3 is 49.7 Å². The second kappa shape index (κ2) is 25.2. The van der Waals surface area contributed by atoms with Gasteiger partial charge in [-0.1, -0.05) is 112 Å². The summed E-state index contributed by atoms with van der Waals surface area (Å²) in [5.41, 5.74) is 1.27. The molecule has 1 aliphatic heterocycles. The molecule has 0 saturated carbocycles. The molecule has 3 atom stereocenters. The van der Waals surface area contributed by atoms with E-state index < -0.39 is 38.0 Å². The van der Waals surface area contributed by atoms with E-state index >= 15 is 0 Å². The minimum Gasteiger partial charge on any atom is -0.506 e. The number of benzene rings is 5. The van der Waals surface area contributed by atoms with Gasteiger partial charge in [0.25, 0.3) is 11.8 Å². The number of aliphatic hydroxyl groups is 2. The maximum atomic E-state index is 14.0. The van der Waals surface area contributed by atoms with Gasteiger partial charge in [-0.25, -0.2) is 4.79 Å². The van der Waals surface area contributed by atoms with Gasteiger partial charge in [0.1, 0.15) is 11.4 Å². The lowest BCUT2D eigenvalue weighted by molar-refractivity contribution is -0.207. The third kappa shape index (κ3) is 15.3. The summed E-state index contributed by atoms with van der Waals surface area (Å²) in [6.45, 7) is 19.7. The summed E-state index contributed by atoms with van der Waals surface area (Å²) in [6, 6.07) is 39.0. The van der Waals surface area contributed by atoms with Crippen LogP contribution >= 0.6 is 0 Å². The molecule has 1 aromatic heterocycles. The van der Waals surface area contributed by atoms with Crippen LogP contribution in [0.4, 0.5) is 4.79 Å². The van der Waals surface area contributed by atoms with Gasteiger partial charge in [-0.2, -0.15) is 0 Å². The topological polar surface area (TPSA) is 203 Å². The number of aromatic nitrogens is 1. The van der Waals surface area contributed by atoms with Gasteiger partial charge >= 0.3 is 6.09 Å². The molecular weight excluding hydrogens is 991 g/mol. The molecule has 410 valence electrons. The predicted octanol–water partition coefficient (Wildman–Crippen LogP) is 9.77. The number of phenols is 1. The maximum Gasteiger partial charge on any atom is 0.410 e. The Morgan fingerprint density at radius 1 is 0.766 bits per heavy atom. The van der Waals surface area contributed by atoms with Crippen molar-refractivity contribution in [2.75, 3.05) is 39.3 Å². The Kier molecular flexibility index (Phi) is 19.0. The molecule has 5 aromatic carbocycles. The van der Waals surface area contributed by atoms with E-state index in [2.05, 4.69) is 78.6 Å². The molecule has 1 aliphatic rings. The average molecular weight is 1070 g/mol. The number of nitrogens with one attached hydrogen (secondary N) is 3. The number of hydrogen-bond acceptors (Lipinski definition) is 11. The first-order chi connectivity index (χ1) is 36.5. The summed E-state index contributed by atoms with van der Waals surface area (Å²) in [5.74, 6) is -0.562. The molecule has 77 heavy (non-hydrogen) atoms. The van der Waals surface area contributed by atoms with Crippen molar-refractivity contribution in [1.29, 1.82) is 0 Å². The van der Waals surface area contributed by atoms with Gasteiger partial charge in [0.05, 0.1) is 24.8 Å². The molecule has 0 radical (unpaired) electrons. The summed E-state index contributed by atoms with van der Waals surface area (Å²) in [4.78, 5) is 60.0. The highest BCUT2D eigenvalue weighted by atomic mass is 28.4. The number of aromatic hydroxyl groups is 1. The summed E-state index contributed by atoms with van der Waals surface area (Å²) in [7, 11) is -2.50. The number of H-pyrrole nitrogens is 1. The lowest BCUT2D eigenvalue weighted by Crippen LogP contribution is -2.45. The van der Waals surface area contributed by atoms with Crippen LogP contribution in [0, 0.1) is 5.92 Å². The number of hydrogen-bond donors (Lipinski definition) is 6. The van der Waals surface area contributed by atoms with Gasteiger partial charge in [-0.15, -0.1) is 0 Å². The molecule has 1 fully saturated rings. The first kappa shape index (κ1) is 58.0. The number of nitrogens with zero attached hydrogens (tertiary/aromatic N) is 2. The fourth-order valence-electron chi connectivity index (χ4n) is 9.22. The number of aromatic amines is 1. The molecule has 0 aliphatic carbocycles. The first-order valence-corrected chi connectivity index (χ1v) is 29.5. The third-order valence-electron chi connectivity index (χ3n) is 14.6. The van der Waals surface area contributed by atoms with Gasteiger partial charge in [-0.3, -0.25) is 19.3 Å². The highest BCUT2D eigenvalue weighted by molar-refractivity contribution is 6.74. The second-order valence-electron chi connectivity index (χ2n) is 22.7. The van der Waals surface area contributed by atoms with Crippen LogP contribution in [0.1, 0.15) is 115 Å². The van der Waals surface area contributed by atoms with Crippen LogP contribution < -0.4 is 16.2 Å². The number of fused-ring (bicyclic) bond motifs is 1. The Balaban J connectivity index is 0.947. The van der Waals surface area contributed by atoms with E-state index in [9.17, 15) is 34.5 Å². The fraction of sp³-hybridized carbons (Fsp3) is 0.410. The summed E-state index contributed by atoms with van der Waals surface area (Å²) in [6.07, 6.45) is -0.618. The van der Waals surface area contributed by atoms with Crippen molar-refractivity contribution >= 4 is 37.1 Å². The zero-order chi connectivity index (χ0) is 55.5. The van der Waals surface area contributed by atoms with E-state index in [0.29, 0.717) is 34.1 Å². The minimum absolute atomic E-state index is 0.0783. The minimum atomic E-state index is -2.50. The zero-order valence-corrected chi connectivity index (χ0v) is 46.8. The lowest BCUT2D eigenvalue weighted by atomic mass is 9.84. The molecule has 2 heterocycles. The highest BCUT2D eigenvalue weighted by Gasteiger charge is 2.43. The van der Waals surface area contributed by atoms with Crippen LogP contribution in [0.25, 0.3) is 10.9 Å². The maximum absolute atomic E-state index is 14.0. The molecule has 16 heteroatoms. The van der Waals surface area contributed by atoms with Crippen LogP contribution in [0.3, 0.4) is 0 Å². The van der Waals surface area contributed by atoms with E-state index in [1.54, 1.807) is 111 Å². The van der Waals surface area contributed by atoms with Crippen molar-refractivity contribution in [1.82, 2.24) is 25.4 Å². The standard InChI is InChI=1S/C61H77N5O10Si/c1-59(2,3)75-58(72)66(40-52(76-77(7,8)60(4,5)6)49-27-29-51(67)54-50(49)28-30-53(68)64-54)39-43-23-25-45(26-24-43)55(69)62-33-16-34-63-56(70)46-19-15-22-48(37-46)61(73,47-20-13-10-14-21-47)57(71)74-41-44-31-35-65(36-32-44)38-42-17-11-9-12-18-42/h9-15,17-30,37,44,52,57,67,71,73H,16,31-36,38-41H2,1-8H3,(H,62,69)(H,63,70)(H,64,68)/t52-,57?,61?/m0/s1. The van der Waals surface area contributed by atoms with Crippen LogP contribution in [-0.2, 0) is 32.6 Å². The normalized spacial score (nSPS) is 15.3. The van der Waals surface area contributed by atoms with E-state index in [1.165, 1.54) is 17.7 Å². The summed E-state index contributed by atoms with van der Waals surface area (Å²) < 4.78 is 19.0. The zero-order valence-electron chi connectivity index (χ0n) is 45.8. The lowest BCUT2D eigenvalue weighted by Gasteiger charge is -2.41. The fourth-order valence-corrected chi connectivity index (χ4v) is 10.5. The molecule has 0 bridgehead atoms. The molecule has 1 saturated heterocycles. The van der Waals surface area contributed by atoms with E-state index in [-0.39, 0.29) is 77.9 Å². The number of pyridine rings is 1. The summed E-state index contributed by atoms with van der Waals surface area (Å²) in [5, 5.41) is 40.9. The molecule has 6 N–H and O–H groups in total. The Hall–Kier alpha value is -6.66. The number of piperidine rings is 1. The number of phenolic OH excluding ortho intramolecular Hbond substituents is 1. The van der Waals surface area contributed by atoms with E-state index in [4.69, 9.17) is 13.9 Å². The number of amides is 3. The quantitative estimate of drug-likeness (QED) is 0.0228.